The minimum atomic E-state index is -2.93. The molecule has 0 aliphatic heterocycles. The second kappa shape index (κ2) is 7.61. The minimum Gasteiger partial charge on any atom is -0.466 e. The highest BCUT2D eigenvalue weighted by molar-refractivity contribution is 7.79. The average molecular weight is 330 g/mol. The van der Waals surface area contributed by atoms with Gasteiger partial charge in [-0.2, -0.15) is 0 Å². The van der Waals surface area contributed by atoms with Crippen molar-refractivity contribution in [2.45, 2.75) is 32.9 Å². The highest BCUT2D eigenvalue weighted by Crippen LogP contribution is 2.50. The van der Waals surface area contributed by atoms with Gasteiger partial charge in [0, 0.05) is 16.3 Å². The molecule has 3 nitrogen and oxygen atoms in total. The van der Waals surface area contributed by atoms with E-state index in [2.05, 4.69) is 0 Å². The smallest absolute Gasteiger partial charge is 0.306 e. The summed E-state index contributed by atoms with van der Waals surface area (Å²) in [6.45, 7) is 5.95. The van der Waals surface area contributed by atoms with Gasteiger partial charge in [0.05, 0.1) is 13.0 Å². The zero-order chi connectivity index (χ0) is 16.9. The van der Waals surface area contributed by atoms with E-state index in [1.807, 2.05) is 68.4 Å². The molecule has 0 heterocycles. The lowest BCUT2D eigenvalue weighted by molar-refractivity contribution is -0.143. The molecule has 2 aromatic rings. The first-order valence-electron chi connectivity index (χ1n) is 7.87. The molecular weight excluding hydrogens is 307 g/mol. The largest absolute Gasteiger partial charge is 0.466 e. The molecule has 0 fully saturated rings. The lowest BCUT2D eigenvalue weighted by Gasteiger charge is -2.26. The van der Waals surface area contributed by atoms with Crippen LogP contribution >= 0.6 is 7.14 Å². The number of ether oxygens (including phenoxy) is 1. The Hall–Kier alpha value is -1.86. The minimum absolute atomic E-state index is 0.147. The molecule has 0 N–H and O–H groups in total. The Kier molecular flexibility index (Phi) is 5.79. The van der Waals surface area contributed by atoms with Crippen LogP contribution in [0.3, 0.4) is 0 Å². The number of carbonyl (C=O) groups is 1. The van der Waals surface area contributed by atoms with Crippen LogP contribution in [0.4, 0.5) is 0 Å². The van der Waals surface area contributed by atoms with Crippen LogP contribution in [-0.2, 0) is 14.1 Å². The molecule has 0 saturated carbocycles. The molecule has 0 aromatic heterocycles. The zero-order valence-corrected chi connectivity index (χ0v) is 14.8. The summed E-state index contributed by atoms with van der Waals surface area (Å²) in [6.07, 6.45) is 0.147. The average Bonchev–Trinajstić information content (AvgIpc) is 2.55. The number of hydrogen-bond donors (Lipinski definition) is 0. The van der Waals surface area contributed by atoms with E-state index in [1.165, 1.54) is 0 Å². The third kappa shape index (κ3) is 3.73. The Labute approximate surface area is 138 Å². The fourth-order valence-corrected chi connectivity index (χ4v) is 6.00. The molecule has 4 heteroatoms. The summed E-state index contributed by atoms with van der Waals surface area (Å²) in [5, 5.41) is 1.61. The fourth-order valence-electron chi connectivity index (χ4n) is 2.81. The number of esters is 1. The van der Waals surface area contributed by atoms with E-state index in [0.29, 0.717) is 6.61 Å². The van der Waals surface area contributed by atoms with Crippen molar-refractivity contribution in [3.63, 3.8) is 0 Å². The van der Waals surface area contributed by atoms with Crippen molar-refractivity contribution in [3.05, 3.63) is 60.2 Å². The predicted molar refractivity (Wildman–Crippen MR) is 95.2 cm³/mol. The van der Waals surface area contributed by atoms with Crippen molar-refractivity contribution in [2.24, 2.45) is 0 Å². The molecule has 122 valence electrons. The van der Waals surface area contributed by atoms with Gasteiger partial charge >= 0.3 is 5.97 Å². The maximum atomic E-state index is 14.1. The number of benzene rings is 2. The van der Waals surface area contributed by atoms with Crippen molar-refractivity contribution >= 4 is 23.7 Å². The molecule has 2 rings (SSSR count). The van der Waals surface area contributed by atoms with Gasteiger partial charge in [-0.1, -0.05) is 61.5 Å². The predicted octanol–water partition coefficient (Wildman–Crippen LogP) is 3.65. The SMILES string of the molecule is CCOC(=O)C[C@H](C)[P@](=O)(c1ccccc1)c1ccccc1C. The lowest BCUT2D eigenvalue weighted by atomic mass is 10.2. The maximum absolute atomic E-state index is 14.1. The fraction of sp³-hybridized carbons (Fsp3) is 0.316. The molecule has 2 atom stereocenters. The number of rotatable bonds is 6. The van der Waals surface area contributed by atoms with E-state index in [9.17, 15) is 9.36 Å². The van der Waals surface area contributed by atoms with Gasteiger partial charge in [0.2, 0.25) is 0 Å². The van der Waals surface area contributed by atoms with E-state index in [-0.39, 0.29) is 18.0 Å². The Morgan fingerprint density at radius 2 is 1.70 bits per heavy atom. The van der Waals surface area contributed by atoms with Crippen molar-refractivity contribution in [1.29, 1.82) is 0 Å². The Bertz CT molecular complexity index is 710. The second-order valence-corrected chi connectivity index (χ2v) is 8.83. The summed E-state index contributed by atoms with van der Waals surface area (Å²) in [5.41, 5.74) is 0.667. The van der Waals surface area contributed by atoms with Crippen LogP contribution in [0.15, 0.2) is 54.6 Å². The van der Waals surface area contributed by atoms with E-state index in [4.69, 9.17) is 4.74 Å². The Morgan fingerprint density at radius 3 is 2.30 bits per heavy atom. The van der Waals surface area contributed by atoms with Gasteiger partial charge in [0.15, 0.2) is 0 Å². The number of aryl methyl sites for hydroxylation is 1. The van der Waals surface area contributed by atoms with Crippen LogP contribution in [0.1, 0.15) is 25.8 Å². The summed E-state index contributed by atoms with van der Waals surface area (Å²) in [4.78, 5) is 11.9. The van der Waals surface area contributed by atoms with Crippen LogP contribution in [0.2, 0.25) is 0 Å². The first-order chi connectivity index (χ1) is 11.0. The molecule has 0 bridgehead atoms. The molecule has 23 heavy (non-hydrogen) atoms. The van der Waals surface area contributed by atoms with Crippen LogP contribution in [0.5, 0.6) is 0 Å². The summed E-state index contributed by atoms with van der Waals surface area (Å²) < 4.78 is 19.1. The maximum Gasteiger partial charge on any atom is 0.306 e. The third-order valence-corrected chi connectivity index (χ3v) is 7.71. The van der Waals surface area contributed by atoms with Gasteiger partial charge in [0.1, 0.15) is 7.14 Å². The van der Waals surface area contributed by atoms with Gasteiger partial charge < -0.3 is 9.30 Å². The highest BCUT2D eigenvalue weighted by Gasteiger charge is 2.36. The first kappa shape index (κ1) is 17.5. The van der Waals surface area contributed by atoms with Gasteiger partial charge in [-0.15, -0.1) is 0 Å². The summed E-state index contributed by atoms with van der Waals surface area (Å²) >= 11 is 0. The summed E-state index contributed by atoms with van der Waals surface area (Å²) in [7, 11) is -2.93. The van der Waals surface area contributed by atoms with Gasteiger partial charge in [-0.3, -0.25) is 4.79 Å². The summed E-state index contributed by atoms with van der Waals surface area (Å²) in [5.74, 6) is -0.301. The number of carbonyl (C=O) groups excluding carboxylic acids is 1. The van der Waals surface area contributed by atoms with E-state index < -0.39 is 7.14 Å². The molecule has 0 unspecified atom stereocenters. The molecule has 0 aliphatic carbocycles. The van der Waals surface area contributed by atoms with Gasteiger partial charge in [-0.05, 0) is 19.4 Å². The molecule has 2 aromatic carbocycles. The van der Waals surface area contributed by atoms with Crippen molar-refractivity contribution in [3.8, 4) is 0 Å². The first-order valence-corrected chi connectivity index (χ1v) is 9.65. The third-order valence-electron chi connectivity index (χ3n) is 4.00. The van der Waals surface area contributed by atoms with E-state index in [1.54, 1.807) is 6.92 Å². The lowest BCUT2D eigenvalue weighted by Crippen LogP contribution is -2.27. The molecule has 0 spiro atoms. The number of hydrogen-bond acceptors (Lipinski definition) is 3. The van der Waals surface area contributed by atoms with Crippen LogP contribution < -0.4 is 10.6 Å². The Balaban J connectivity index is 2.51. The van der Waals surface area contributed by atoms with Crippen molar-refractivity contribution in [1.82, 2.24) is 0 Å². The molecule has 0 aliphatic rings. The van der Waals surface area contributed by atoms with E-state index >= 15 is 0 Å². The second-order valence-electron chi connectivity index (χ2n) is 5.64. The van der Waals surface area contributed by atoms with Gasteiger partial charge in [-0.25, -0.2) is 0 Å². The quantitative estimate of drug-likeness (QED) is 0.600. The Morgan fingerprint density at radius 1 is 1.09 bits per heavy atom. The van der Waals surface area contributed by atoms with E-state index in [0.717, 1.165) is 16.2 Å². The molecule has 0 radical (unpaired) electrons. The van der Waals surface area contributed by atoms with Crippen LogP contribution in [-0.4, -0.2) is 18.2 Å². The van der Waals surface area contributed by atoms with Gasteiger partial charge in [0.25, 0.3) is 0 Å². The zero-order valence-electron chi connectivity index (χ0n) is 13.9. The van der Waals surface area contributed by atoms with Crippen molar-refractivity contribution in [2.75, 3.05) is 6.61 Å². The molecule has 0 saturated heterocycles. The normalized spacial score (nSPS) is 14.7. The standard InChI is InChI=1S/C19H23O3P/c1-4-22-19(20)14-16(3)23(21,17-11-6-5-7-12-17)18-13-9-8-10-15(18)2/h5-13,16H,4,14H2,1-3H3/t16-,23-/m0/s1. The topological polar surface area (TPSA) is 43.4 Å². The molecule has 0 amide bonds. The van der Waals surface area contributed by atoms with Crippen LogP contribution in [0, 0.1) is 6.92 Å². The monoisotopic (exact) mass is 330 g/mol. The summed E-state index contributed by atoms with van der Waals surface area (Å²) in [6, 6.07) is 17.1. The molecular formula is C19H23O3P. The van der Waals surface area contributed by atoms with Crippen LogP contribution in [0.25, 0.3) is 0 Å². The highest BCUT2D eigenvalue weighted by atomic mass is 31.2. The van der Waals surface area contributed by atoms with Crippen molar-refractivity contribution < 1.29 is 14.1 Å².